The minimum atomic E-state index is -0.742. The molecular formula is C11H16O2U. The van der Waals surface area contributed by atoms with E-state index in [1.54, 1.807) is 0 Å². The molecule has 3 heteroatoms. The Hall–Kier alpha value is -0.258. The molecule has 0 aromatic heterocycles. The summed E-state index contributed by atoms with van der Waals surface area (Å²) < 4.78 is 0. The maximum atomic E-state index is 10.2. The van der Waals surface area contributed by atoms with E-state index in [9.17, 15) is 4.79 Å². The Labute approximate surface area is 109 Å². The van der Waals surface area contributed by atoms with Crippen molar-refractivity contribution in [1.29, 1.82) is 0 Å². The smallest absolute Gasteiger partial charge is 0.303 e. The van der Waals surface area contributed by atoms with E-state index in [1.165, 1.54) is 0 Å². The molecule has 2 nitrogen and oxygen atoms in total. The molecule has 0 aliphatic heterocycles. The molecule has 0 aliphatic rings. The molecule has 0 radical (unpaired) electrons. The quantitative estimate of drug-likeness (QED) is 0.820. The maximum Gasteiger partial charge on any atom is 0.303 e. The molecule has 0 saturated heterocycles. The number of hydrogen-bond acceptors (Lipinski definition) is 1. The van der Waals surface area contributed by atoms with Crippen molar-refractivity contribution in [2.24, 2.45) is 0 Å². The molecule has 1 aromatic carbocycles. The van der Waals surface area contributed by atoms with Gasteiger partial charge in [0, 0.05) is 37.5 Å². The van der Waals surface area contributed by atoms with E-state index in [-0.39, 0.29) is 37.5 Å². The first-order valence-electron chi connectivity index (χ1n) is 4.55. The van der Waals surface area contributed by atoms with Crippen molar-refractivity contribution in [3.05, 3.63) is 35.9 Å². The van der Waals surface area contributed by atoms with Crippen molar-refractivity contribution in [2.75, 3.05) is 0 Å². The Morgan fingerprint density at radius 3 is 2.14 bits per heavy atom. The van der Waals surface area contributed by atoms with Crippen molar-refractivity contribution < 1.29 is 41.0 Å². The van der Waals surface area contributed by atoms with Gasteiger partial charge in [-0.3, -0.25) is 4.79 Å². The number of carbonyl (C=O) groups is 1. The van der Waals surface area contributed by atoms with Gasteiger partial charge in [-0.15, -0.1) is 0 Å². The topological polar surface area (TPSA) is 37.3 Å². The Morgan fingerprint density at radius 1 is 1.21 bits per heavy atom. The SMILES string of the molecule is CC.O=C(O)CCc1ccccc1.[U]. The summed E-state index contributed by atoms with van der Waals surface area (Å²) in [5.74, 6) is -0.742. The van der Waals surface area contributed by atoms with E-state index in [2.05, 4.69) is 0 Å². The van der Waals surface area contributed by atoms with Crippen LogP contribution in [-0.2, 0) is 11.2 Å². The fraction of sp³-hybridized carbons (Fsp3) is 0.364. The first-order chi connectivity index (χ1) is 6.29. The fourth-order valence-corrected chi connectivity index (χ4v) is 0.896. The number of carboxylic acid groups (broad SMARTS) is 1. The van der Waals surface area contributed by atoms with E-state index < -0.39 is 5.97 Å². The van der Waals surface area contributed by atoms with Gasteiger partial charge in [0.05, 0.1) is 0 Å². The molecule has 0 saturated carbocycles. The molecule has 0 atom stereocenters. The predicted molar refractivity (Wildman–Crippen MR) is 53.7 cm³/mol. The molecule has 1 aromatic rings. The van der Waals surface area contributed by atoms with Crippen LogP contribution < -0.4 is 0 Å². The standard InChI is InChI=1S/C9H10O2.C2H6.U/c10-9(11)7-6-8-4-2-1-3-5-8;1-2;/h1-5H,6-7H2,(H,10,11);1-2H3;. The van der Waals surface area contributed by atoms with Crippen LogP contribution in [0, 0.1) is 31.1 Å². The van der Waals surface area contributed by atoms with E-state index in [4.69, 9.17) is 5.11 Å². The van der Waals surface area contributed by atoms with Crippen LogP contribution in [-0.4, -0.2) is 11.1 Å². The van der Waals surface area contributed by atoms with Gasteiger partial charge in [-0.1, -0.05) is 44.2 Å². The zero-order valence-corrected chi connectivity index (χ0v) is 12.8. The van der Waals surface area contributed by atoms with Crippen LogP contribution in [0.15, 0.2) is 30.3 Å². The van der Waals surface area contributed by atoms with Crippen molar-refractivity contribution in [2.45, 2.75) is 26.7 Å². The largest absolute Gasteiger partial charge is 0.481 e. The minimum absolute atomic E-state index is 0. The maximum absolute atomic E-state index is 10.2. The molecule has 0 aliphatic carbocycles. The van der Waals surface area contributed by atoms with Gasteiger partial charge in [0.1, 0.15) is 0 Å². The normalized spacial score (nSPS) is 7.86. The first kappa shape index (κ1) is 16.2. The molecule has 0 spiro atoms. The molecular weight excluding hydrogens is 402 g/mol. The molecule has 0 heterocycles. The van der Waals surface area contributed by atoms with Crippen molar-refractivity contribution in [3.63, 3.8) is 0 Å². The van der Waals surface area contributed by atoms with Gasteiger partial charge in [-0.05, 0) is 12.0 Å². The summed E-state index contributed by atoms with van der Waals surface area (Å²) in [5.41, 5.74) is 1.08. The molecule has 76 valence electrons. The van der Waals surface area contributed by atoms with Crippen LogP contribution in [0.5, 0.6) is 0 Å². The Bertz CT molecular complexity index is 234. The van der Waals surface area contributed by atoms with Crippen LogP contribution in [0.3, 0.4) is 0 Å². The number of hydrogen-bond donors (Lipinski definition) is 1. The summed E-state index contributed by atoms with van der Waals surface area (Å²) in [4.78, 5) is 10.2. The number of carboxylic acids is 1. The summed E-state index contributed by atoms with van der Waals surface area (Å²) in [6, 6.07) is 9.62. The Balaban J connectivity index is 0. The molecule has 0 fully saturated rings. The molecule has 0 unspecified atom stereocenters. The summed E-state index contributed by atoms with van der Waals surface area (Å²) in [6.07, 6.45) is 0.834. The van der Waals surface area contributed by atoms with Gasteiger partial charge >= 0.3 is 5.97 Å². The summed E-state index contributed by atoms with van der Waals surface area (Å²) in [5, 5.41) is 8.37. The number of rotatable bonds is 3. The second-order valence-corrected chi connectivity index (χ2v) is 2.38. The monoisotopic (exact) mass is 418 g/mol. The molecule has 0 bridgehead atoms. The fourth-order valence-electron chi connectivity index (χ4n) is 0.896. The van der Waals surface area contributed by atoms with Gasteiger partial charge in [0.15, 0.2) is 0 Å². The van der Waals surface area contributed by atoms with Crippen molar-refractivity contribution >= 4 is 5.97 Å². The third-order valence-electron chi connectivity index (χ3n) is 1.47. The third kappa shape index (κ3) is 8.35. The molecule has 14 heavy (non-hydrogen) atoms. The van der Waals surface area contributed by atoms with Crippen LogP contribution in [0.4, 0.5) is 0 Å². The van der Waals surface area contributed by atoms with Crippen molar-refractivity contribution in [3.8, 4) is 0 Å². The second kappa shape index (κ2) is 10.8. The summed E-state index contributed by atoms with van der Waals surface area (Å²) in [6.45, 7) is 4.00. The predicted octanol–water partition coefficient (Wildman–Crippen LogP) is 2.73. The van der Waals surface area contributed by atoms with Crippen LogP contribution in [0.2, 0.25) is 0 Å². The number of benzene rings is 1. The van der Waals surface area contributed by atoms with Gasteiger partial charge in [0.2, 0.25) is 0 Å². The molecule has 1 N–H and O–H groups in total. The van der Waals surface area contributed by atoms with Gasteiger partial charge < -0.3 is 5.11 Å². The van der Waals surface area contributed by atoms with E-state index in [0.29, 0.717) is 6.42 Å². The van der Waals surface area contributed by atoms with Gasteiger partial charge in [-0.2, -0.15) is 0 Å². The van der Waals surface area contributed by atoms with Crippen molar-refractivity contribution in [1.82, 2.24) is 0 Å². The van der Waals surface area contributed by atoms with Crippen LogP contribution in [0.1, 0.15) is 25.8 Å². The Morgan fingerprint density at radius 2 is 1.71 bits per heavy atom. The zero-order valence-electron chi connectivity index (χ0n) is 8.66. The average Bonchev–Trinajstić information content (AvgIpc) is 2.19. The third-order valence-corrected chi connectivity index (χ3v) is 1.47. The van der Waals surface area contributed by atoms with Crippen LogP contribution in [0.25, 0.3) is 0 Å². The minimum Gasteiger partial charge on any atom is -0.481 e. The summed E-state index contributed by atoms with van der Waals surface area (Å²) >= 11 is 0. The number of aryl methyl sites for hydroxylation is 1. The number of aliphatic carboxylic acids is 1. The van der Waals surface area contributed by atoms with Gasteiger partial charge in [0.25, 0.3) is 0 Å². The van der Waals surface area contributed by atoms with Crippen LogP contribution >= 0.6 is 0 Å². The Kier molecular flexibility index (Phi) is 12.5. The zero-order chi connectivity index (χ0) is 10.1. The molecule has 0 amide bonds. The second-order valence-electron chi connectivity index (χ2n) is 2.38. The van der Waals surface area contributed by atoms with E-state index in [1.807, 2.05) is 44.2 Å². The van der Waals surface area contributed by atoms with E-state index >= 15 is 0 Å². The molecule has 1 rings (SSSR count). The van der Waals surface area contributed by atoms with Gasteiger partial charge in [-0.25, -0.2) is 0 Å². The first-order valence-corrected chi connectivity index (χ1v) is 4.55. The van der Waals surface area contributed by atoms with E-state index in [0.717, 1.165) is 5.56 Å². The average molecular weight is 418 g/mol. The summed E-state index contributed by atoms with van der Waals surface area (Å²) in [7, 11) is 0.